The van der Waals surface area contributed by atoms with E-state index in [0.29, 0.717) is 0 Å². The Hall–Kier alpha value is -3.96. The molecule has 1 aromatic rings. The molecule has 3 rings (SSSR count). The minimum absolute atomic E-state index is 0.00159. The van der Waals surface area contributed by atoms with Crippen molar-refractivity contribution in [2.75, 3.05) is 0 Å². The number of carbonyl (C=O) groups excluding carboxylic acids is 5. The van der Waals surface area contributed by atoms with Gasteiger partial charge in [0.15, 0.2) is 0 Å². The number of carboxylic acids is 1. The molecule has 33 heavy (non-hydrogen) atoms. The number of phenols is 1. The van der Waals surface area contributed by atoms with Crippen molar-refractivity contribution in [3.8, 4) is 5.75 Å². The van der Waals surface area contributed by atoms with Crippen LogP contribution in [0.4, 0.5) is 0 Å². The van der Waals surface area contributed by atoms with Crippen LogP contribution in [0.1, 0.15) is 48.9 Å². The van der Waals surface area contributed by atoms with Crippen molar-refractivity contribution < 1.29 is 39.0 Å². The maximum absolute atomic E-state index is 12.8. The van der Waals surface area contributed by atoms with Crippen molar-refractivity contribution in [2.45, 2.75) is 56.8 Å². The summed E-state index contributed by atoms with van der Waals surface area (Å²) < 4.78 is 0. The number of aromatic hydroxyl groups is 1. The van der Waals surface area contributed by atoms with Gasteiger partial charge in [-0.1, -0.05) is 12.1 Å². The van der Waals surface area contributed by atoms with Gasteiger partial charge in [-0.25, -0.2) is 10.0 Å². The molecule has 12 heteroatoms. The van der Waals surface area contributed by atoms with E-state index in [2.05, 4.69) is 10.6 Å². The molecule has 0 bridgehead atoms. The number of carboxylic acid groups (broad SMARTS) is 1. The second kappa shape index (κ2) is 10.1. The number of amides is 4. The lowest BCUT2D eigenvalue weighted by atomic mass is 10.0. The zero-order valence-corrected chi connectivity index (χ0v) is 17.6. The van der Waals surface area contributed by atoms with Gasteiger partial charge in [0, 0.05) is 12.8 Å². The Morgan fingerprint density at radius 1 is 1.09 bits per heavy atom. The average Bonchev–Trinajstić information content (AvgIpc) is 2.92. The summed E-state index contributed by atoms with van der Waals surface area (Å²) in [6.07, 6.45) is -0.849. The molecule has 0 saturated carbocycles. The van der Waals surface area contributed by atoms with E-state index >= 15 is 0 Å². The van der Waals surface area contributed by atoms with Crippen LogP contribution in [0.25, 0.3) is 0 Å². The van der Waals surface area contributed by atoms with E-state index in [1.807, 2.05) is 0 Å². The fourth-order valence-electron chi connectivity index (χ4n) is 3.94. The molecule has 1 aromatic carbocycles. The zero-order chi connectivity index (χ0) is 24.1. The lowest BCUT2D eigenvalue weighted by Gasteiger charge is -2.47. The fraction of sp³-hybridized carbons (Fsp3) is 0.429. The van der Waals surface area contributed by atoms with Crippen LogP contribution >= 0.6 is 0 Å². The van der Waals surface area contributed by atoms with Gasteiger partial charge in [-0.2, -0.15) is 0 Å². The van der Waals surface area contributed by atoms with Crippen molar-refractivity contribution in [3.05, 3.63) is 29.8 Å². The summed E-state index contributed by atoms with van der Waals surface area (Å²) in [4.78, 5) is 73.3. The molecule has 3 atom stereocenters. The molecule has 4 amide bonds. The summed E-state index contributed by atoms with van der Waals surface area (Å²) in [5.74, 6) is -3.95. The minimum atomic E-state index is -1.29. The number of nitrogens with zero attached hydrogens (tertiary/aromatic N) is 2. The molecular formula is C21H24N4O8. The van der Waals surface area contributed by atoms with Gasteiger partial charge in [-0.3, -0.25) is 24.0 Å². The Labute approximate surface area is 188 Å². The molecule has 176 valence electrons. The van der Waals surface area contributed by atoms with Gasteiger partial charge in [0.2, 0.25) is 17.7 Å². The number of nitrogens with one attached hydrogen (secondary N) is 2. The average molecular weight is 460 g/mol. The van der Waals surface area contributed by atoms with Crippen molar-refractivity contribution in [1.29, 1.82) is 0 Å². The van der Waals surface area contributed by atoms with E-state index in [1.54, 1.807) is 12.1 Å². The second-order valence-corrected chi connectivity index (χ2v) is 7.78. The fourth-order valence-corrected chi connectivity index (χ4v) is 3.94. The van der Waals surface area contributed by atoms with Gasteiger partial charge in [0.1, 0.15) is 24.2 Å². The first kappa shape index (κ1) is 23.7. The van der Waals surface area contributed by atoms with Gasteiger partial charge < -0.3 is 25.6 Å². The number of hydrogen-bond donors (Lipinski definition) is 4. The van der Waals surface area contributed by atoms with Gasteiger partial charge in [0.05, 0.1) is 18.0 Å². The van der Waals surface area contributed by atoms with Crippen LogP contribution in [0.3, 0.4) is 0 Å². The number of hydrogen-bond acceptors (Lipinski definition) is 7. The second-order valence-electron chi connectivity index (χ2n) is 7.78. The van der Waals surface area contributed by atoms with E-state index < -0.39 is 54.3 Å². The molecule has 2 aliphatic rings. The summed E-state index contributed by atoms with van der Waals surface area (Å²) in [6.45, 7) is 0. The number of rotatable bonds is 7. The summed E-state index contributed by atoms with van der Waals surface area (Å²) in [5, 5.41) is 25.8. The highest BCUT2D eigenvalue weighted by molar-refractivity contribution is 5.97. The third-order valence-electron chi connectivity index (χ3n) is 5.46. The standard InChI is InChI=1S/C21H24N4O8/c26-11-12(10-19(30)31)22-21(33)14-8-9-16(23-20(32)13-4-1-2-5-15(13)27)25-18(29)7-3-6-17(28)24(14)25/h1-2,4-5,11-12,14,16,27H,3,6-10H2,(H,22,33)(H,23,32)(H,30,31)/t12-,14-,16?/m0/s1. The van der Waals surface area contributed by atoms with Crippen LogP contribution in [0.2, 0.25) is 0 Å². The van der Waals surface area contributed by atoms with E-state index in [4.69, 9.17) is 5.11 Å². The molecule has 0 radical (unpaired) electrons. The molecular weight excluding hydrogens is 436 g/mol. The van der Waals surface area contributed by atoms with Gasteiger partial charge >= 0.3 is 5.97 Å². The van der Waals surface area contributed by atoms with Crippen LogP contribution in [-0.4, -0.2) is 74.4 Å². The van der Waals surface area contributed by atoms with E-state index in [0.717, 1.165) is 10.0 Å². The molecule has 0 aliphatic carbocycles. The Balaban J connectivity index is 1.84. The molecule has 2 saturated heterocycles. The predicted octanol–water partition coefficient (Wildman–Crippen LogP) is -0.475. The molecule has 2 aliphatic heterocycles. The molecule has 1 unspecified atom stereocenters. The summed E-state index contributed by atoms with van der Waals surface area (Å²) in [7, 11) is 0. The van der Waals surface area contributed by atoms with Gasteiger partial charge in [-0.05, 0) is 31.4 Å². The van der Waals surface area contributed by atoms with Gasteiger partial charge in [-0.15, -0.1) is 0 Å². The summed E-state index contributed by atoms with van der Waals surface area (Å²) in [5.41, 5.74) is -0.0139. The normalized spacial score (nSPS) is 21.5. The summed E-state index contributed by atoms with van der Waals surface area (Å²) in [6, 6.07) is 3.39. The highest BCUT2D eigenvalue weighted by Gasteiger charge is 2.46. The molecule has 12 nitrogen and oxygen atoms in total. The van der Waals surface area contributed by atoms with Crippen molar-refractivity contribution in [1.82, 2.24) is 20.7 Å². The molecule has 4 N–H and O–H groups in total. The molecule has 0 aromatic heterocycles. The number of para-hydroxylation sites is 1. The topological polar surface area (TPSA) is 173 Å². The highest BCUT2D eigenvalue weighted by Crippen LogP contribution is 2.28. The maximum Gasteiger partial charge on any atom is 0.305 e. The Morgan fingerprint density at radius 3 is 2.39 bits per heavy atom. The van der Waals surface area contributed by atoms with E-state index in [-0.39, 0.29) is 49.7 Å². The van der Waals surface area contributed by atoms with Gasteiger partial charge in [0.25, 0.3) is 5.91 Å². The van der Waals surface area contributed by atoms with E-state index in [1.165, 1.54) is 12.1 Å². The van der Waals surface area contributed by atoms with Crippen LogP contribution in [0.5, 0.6) is 5.75 Å². The number of hydrazine groups is 1. The van der Waals surface area contributed by atoms with Crippen LogP contribution in [0.15, 0.2) is 24.3 Å². The number of benzene rings is 1. The first-order chi connectivity index (χ1) is 15.7. The highest BCUT2D eigenvalue weighted by atomic mass is 16.4. The van der Waals surface area contributed by atoms with Crippen LogP contribution < -0.4 is 10.6 Å². The third kappa shape index (κ3) is 5.27. The van der Waals surface area contributed by atoms with Crippen LogP contribution in [0, 0.1) is 0 Å². The van der Waals surface area contributed by atoms with Crippen molar-refractivity contribution in [2.24, 2.45) is 0 Å². The first-order valence-electron chi connectivity index (χ1n) is 10.4. The summed E-state index contributed by atoms with van der Waals surface area (Å²) >= 11 is 0. The first-order valence-corrected chi connectivity index (χ1v) is 10.4. The Bertz CT molecular complexity index is 981. The van der Waals surface area contributed by atoms with E-state index in [9.17, 15) is 33.9 Å². The smallest absolute Gasteiger partial charge is 0.305 e. The number of aliphatic carboxylic acids is 1. The predicted molar refractivity (Wildman–Crippen MR) is 110 cm³/mol. The maximum atomic E-state index is 12.8. The number of carbonyl (C=O) groups is 6. The van der Waals surface area contributed by atoms with Crippen molar-refractivity contribution in [3.63, 3.8) is 0 Å². The number of phenolic OH excluding ortho intramolecular Hbond substituents is 1. The zero-order valence-electron chi connectivity index (χ0n) is 17.6. The molecule has 2 fully saturated rings. The monoisotopic (exact) mass is 460 g/mol. The lowest BCUT2D eigenvalue weighted by molar-refractivity contribution is -0.184. The quantitative estimate of drug-likeness (QED) is 0.395. The lowest BCUT2D eigenvalue weighted by Crippen LogP contribution is -2.68. The minimum Gasteiger partial charge on any atom is -0.507 e. The molecule has 0 spiro atoms. The Morgan fingerprint density at radius 2 is 1.76 bits per heavy atom. The number of aldehydes is 1. The number of fused-ring (bicyclic) bond motifs is 1. The SMILES string of the molecule is O=C[C@H](CC(=O)O)NC(=O)[C@@H]1CCC(NC(=O)c2ccccc2O)N2C(=O)CCCC(=O)N12. The van der Waals surface area contributed by atoms with Crippen LogP contribution in [-0.2, 0) is 24.0 Å². The largest absolute Gasteiger partial charge is 0.507 e. The third-order valence-corrected chi connectivity index (χ3v) is 5.46. The van der Waals surface area contributed by atoms with Crippen molar-refractivity contribution >= 4 is 35.9 Å². The molecule has 2 heterocycles. The Kier molecular flexibility index (Phi) is 7.26.